The van der Waals surface area contributed by atoms with Crippen molar-refractivity contribution in [3.05, 3.63) is 35.5 Å². The van der Waals surface area contributed by atoms with E-state index in [2.05, 4.69) is 48.0 Å². The van der Waals surface area contributed by atoms with Gasteiger partial charge in [0, 0.05) is 12.0 Å². The minimum Gasteiger partial charge on any atom is -0.476 e. The molecule has 0 saturated carbocycles. The molecule has 1 aromatic heterocycles. The molecule has 2 rings (SSSR count). The molecule has 0 aliphatic rings. The SMILES string of the molecule is CC(C)(C)CC#Cc1cccc(Oc2[nH]nnc2C(=O)O)c1. The first-order valence-electron chi connectivity index (χ1n) is 6.76. The highest BCUT2D eigenvalue weighted by Crippen LogP contribution is 2.22. The Morgan fingerprint density at radius 1 is 1.41 bits per heavy atom. The first kappa shape index (κ1) is 15.6. The van der Waals surface area contributed by atoms with Crippen molar-refractivity contribution in [1.29, 1.82) is 0 Å². The zero-order chi connectivity index (χ0) is 16.2. The molecule has 0 radical (unpaired) electrons. The maximum atomic E-state index is 11.0. The molecule has 6 heteroatoms. The topological polar surface area (TPSA) is 88.1 Å². The van der Waals surface area contributed by atoms with Crippen LogP contribution in [0.2, 0.25) is 0 Å². The van der Waals surface area contributed by atoms with Crippen LogP contribution >= 0.6 is 0 Å². The van der Waals surface area contributed by atoms with Crippen molar-refractivity contribution in [3.8, 4) is 23.5 Å². The van der Waals surface area contributed by atoms with E-state index in [4.69, 9.17) is 9.84 Å². The molecule has 2 aromatic rings. The minimum atomic E-state index is -1.20. The number of carboxylic acids is 1. The van der Waals surface area contributed by atoms with Gasteiger partial charge in [0.2, 0.25) is 5.69 Å². The van der Waals surface area contributed by atoms with Gasteiger partial charge in [0.05, 0.1) is 0 Å². The third kappa shape index (κ3) is 4.35. The number of aromatic carboxylic acids is 1. The van der Waals surface area contributed by atoms with E-state index in [0.717, 1.165) is 12.0 Å². The molecule has 6 nitrogen and oxygen atoms in total. The van der Waals surface area contributed by atoms with Crippen molar-refractivity contribution >= 4 is 5.97 Å². The van der Waals surface area contributed by atoms with Crippen LogP contribution in [0.3, 0.4) is 0 Å². The van der Waals surface area contributed by atoms with Crippen molar-refractivity contribution in [2.75, 3.05) is 0 Å². The lowest BCUT2D eigenvalue weighted by Crippen LogP contribution is -2.02. The predicted molar refractivity (Wildman–Crippen MR) is 80.8 cm³/mol. The number of hydrogen-bond acceptors (Lipinski definition) is 4. The highest BCUT2D eigenvalue weighted by molar-refractivity contribution is 5.87. The Hall–Kier alpha value is -2.81. The second-order valence-corrected chi connectivity index (χ2v) is 5.96. The Morgan fingerprint density at radius 2 is 2.18 bits per heavy atom. The number of benzene rings is 1. The van der Waals surface area contributed by atoms with E-state index in [1.54, 1.807) is 18.2 Å². The van der Waals surface area contributed by atoms with E-state index < -0.39 is 5.97 Å². The fourth-order valence-corrected chi connectivity index (χ4v) is 1.60. The standard InChI is InChI=1S/C16H17N3O3/c1-16(2,3)9-5-7-11-6-4-8-12(10-11)22-14-13(15(20)21)17-19-18-14/h4,6,8,10H,9H2,1-3H3,(H,20,21)(H,17,18,19). The fourth-order valence-electron chi connectivity index (χ4n) is 1.60. The van der Waals surface area contributed by atoms with Crippen LogP contribution in [0, 0.1) is 17.3 Å². The average molecular weight is 299 g/mol. The van der Waals surface area contributed by atoms with Gasteiger partial charge in [-0.05, 0) is 23.6 Å². The molecule has 114 valence electrons. The van der Waals surface area contributed by atoms with Crippen LogP contribution < -0.4 is 4.74 Å². The molecule has 0 aliphatic heterocycles. The van der Waals surface area contributed by atoms with Gasteiger partial charge in [-0.15, -0.1) is 5.10 Å². The Kier molecular flexibility index (Phi) is 4.47. The maximum Gasteiger partial charge on any atom is 0.362 e. The van der Waals surface area contributed by atoms with Gasteiger partial charge < -0.3 is 9.84 Å². The molecule has 0 atom stereocenters. The van der Waals surface area contributed by atoms with E-state index in [9.17, 15) is 4.79 Å². The summed E-state index contributed by atoms with van der Waals surface area (Å²) in [5.41, 5.74) is 0.689. The molecule has 0 bridgehead atoms. The van der Waals surface area contributed by atoms with Gasteiger partial charge in [-0.1, -0.05) is 43.9 Å². The second-order valence-electron chi connectivity index (χ2n) is 5.96. The van der Waals surface area contributed by atoms with Crippen molar-refractivity contribution in [1.82, 2.24) is 15.4 Å². The highest BCUT2D eigenvalue weighted by atomic mass is 16.5. The molecule has 1 aromatic carbocycles. The lowest BCUT2D eigenvalue weighted by Gasteiger charge is -2.12. The largest absolute Gasteiger partial charge is 0.476 e. The lowest BCUT2D eigenvalue weighted by atomic mass is 9.93. The molecule has 0 amide bonds. The lowest BCUT2D eigenvalue weighted by molar-refractivity contribution is 0.0687. The van der Waals surface area contributed by atoms with Crippen LogP contribution in [-0.2, 0) is 0 Å². The van der Waals surface area contributed by atoms with Crippen LogP contribution in [0.1, 0.15) is 43.2 Å². The number of carboxylic acid groups (broad SMARTS) is 1. The third-order valence-corrected chi connectivity index (χ3v) is 2.62. The number of rotatable bonds is 3. The monoisotopic (exact) mass is 299 g/mol. The van der Waals surface area contributed by atoms with Crippen LogP contribution in [0.4, 0.5) is 0 Å². The van der Waals surface area contributed by atoms with Gasteiger partial charge in [-0.25, -0.2) is 9.89 Å². The van der Waals surface area contributed by atoms with Crippen molar-refractivity contribution in [2.24, 2.45) is 5.41 Å². The Morgan fingerprint density at radius 3 is 2.86 bits per heavy atom. The summed E-state index contributed by atoms with van der Waals surface area (Å²) in [6, 6.07) is 7.11. The third-order valence-electron chi connectivity index (χ3n) is 2.62. The predicted octanol–water partition coefficient (Wildman–Crippen LogP) is 3.08. The summed E-state index contributed by atoms with van der Waals surface area (Å²) in [5, 5.41) is 18.3. The average Bonchev–Trinajstić information content (AvgIpc) is 2.86. The Bertz CT molecular complexity index is 733. The van der Waals surface area contributed by atoms with Crippen molar-refractivity contribution in [3.63, 3.8) is 0 Å². The molecule has 0 saturated heterocycles. The number of nitrogens with one attached hydrogen (secondary N) is 1. The van der Waals surface area contributed by atoms with Crippen molar-refractivity contribution in [2.45, 2.75) is 27.2 Å². The maximum absolute atomic E-state index is 11.0. The zero-order valence-electron chi connectivity index (χ0n) is 12.7. The van der Waals surface area contributed by atoms with Gasteiger partial charge >= 0.3 is 5.97 Å². The van der Waals surface area contributed by atoms with Crippen LogP contribution in [0.5, 0.6) is 11.6 Å². The number of hydrogen-bond donors (Lipinski definition) is 2. The van der Waals surface area contributed by atoms with E-state index >= 15 is 0 Å². The van der Waals surface area contributed by atoms with E-state index in [1.165, 1.54) is 0 Å². The Labute approximate surface area is 128 Å². The molecule has 0 unspecified atom stereocenters. The van der Waals surface area contributed by atoms with E-state index in [0.29, 0.717) is 5.75 Å². The van der Waals surface area contributed by atoms with E-state index in [1.807, 2.05) is 6.07 Å². The normalized spacial score (nSPS) is 10.7. The van der Waals surface area contributed by atoms with Gasteiger partial charge in [0.25, 0.3) is 5.88 Å². The number of ether oxygens (including phenoxy) is 1. The molecule has 0 fully saturated rings. The minimum absolute atomic E-state index is 0.00713. The first-order chi connectivity index (χ1) is 10.3. The van der Waals surface area contributed by atoms with Gasteiger partial charge in [0.15, 0.2) is 0 Å². The smallest absolute Gasteiger partial charge is 0.362 e. The number of carbonyl (C=O) groups is 1. The van der Waals surface area contributed by atoms with Gasteiger partial charge in [-0.3, -0.25) is 0 Å². The molecule has 0 aliphatic carbocycles. The van der Waals surface area contributed by atoms with Crippen LogP contribution in [-0.4, -0.2) is 26.5 Å². The Balaban J connectivity index is 2.15. The summed E-state index contributed by atoms with van der Waals surface area (Å²) in [7, 11) is 0. The summed E-state index contributed by atoms with van der Waals surface area (Å²) >= 11 is 0. The molecular formula is C16H17N3O3. The summed E-state index contributed by atoms with van der Waals surface area (Å²) in [4.78, 5) is 11.0. The summed E-state index contributed by atoms with van der Waals surface area (Å²) < 4.78 is 5.47. The molecule has 0 spiro atoms. The van der Waals surface area contributed by atoms with E-state index in [-0.39, 0.29) is 17.0 Å². The van der Waals surface area contributed by atoms with Crippen LogP contribution in [0.25, 0.3) is 0 Å². The molecule has 2 N–H and O–H groups in total. The number of nitrogens with zero attached hydrogens (tertiary/aromatic N) is 2. The van der Waals surface area contributed by atoms with Gasteiger partial charge in [0.1, 0.15) is 5.75 Å². The van der Waals surface area contributed by atoms with Crippen molar-refractivity contribution < 1.29 is 14.6 Å². The molecular weight excluding hydrogens is 282 g/mol. The highest BCUT2D eigenvalue weighted by Gasteiger charge is 2.16. The van der Waals surface area contributed by atoms with Crippen LogP contribution in [0.15, 0.2) is 24.3 Å². The van der Waals surface area contributed by atoms with Gasteiger partial charge in [-0.2, -0.15) is 0 Å². The summed E-state index contributed by atoms with van der Waals surface area (Å²) in [6.07, 6.45) is 0.783. The number of aromatic amines is 1. The number of H-pyrrole nitrogens is 1. The quantitative estimate of drug-likeness (QED) is 0.850. The molecule has 1 heterocycles. The zero-order valence-corrected chi connectivity index (χ0v) is 12.7. The second kappa shape index (κ2) is 6.31. The summed E-state index contributed by atoms with van der Waals surface area (Å²) in [6.45, 7) is 6.37. The summed E-state index contributed by atoms with van der Waals surface area (Å²) in [5.74, 6) is 5.45. The fraction of sp³-hybridized carbons (Fsp3) is 0.312. The number of aromatic nitrogens is 3. The molecule has 22 heavy (non-hydrogen) atoms. The first-order valence-corrected chi connectivity index (χ1v) is 6.76.